The van der Waals surface area contributed by atoms with E-state index >= 15 is 0 Å². The smallest absolute Gasteiger partial charge is 0.286 e. The Morgan fingerprint density at radius 2 is 2.45 bits per heavy atom. The zero-order valence-corrected chi connectivity index (χ0v) is 11.5. The summed E-state index contributed by atoms with van der Waals surface area (Å²) in [5, 5.41) is 7.26. The molecule has 6 nitrogen and oxygen atoms in total. The number of nitrogens with zero attached hydrogens (tertiary/aromatic N) is 3. The predicted octanol–water partition coefficient (Wildman–Crippen LogP) is 1.28. The van der Waals surface area contributed by atoms with Crippen LogP contribution in [0.2, 0.25) is 0 Å². The molecule has 6 heteroatoms. The Hall–Kier alpha value is -2.08. The Balaban J connectivity index is 1.56. The van der Waals surface area contributed by atoms with Crippen LogP contribution in [0, 0.1) is 0 Å². The number of likely N-dealkylation sites (N-methyl/N-ethyl adjacent to an activating group) is 1. The molecule has 1 unspecified atom stereocenters. The van der Waals surface area contributed by atoms with Crippen molar-refractivity contribution in [2.24, 2.45) is 0 Å². The number of nitrogens with one attached hydrogen (secondary N) is 1. The minimum atomic E-state index is -0.167. The van der Waals surface area contributed by atoms with Crippen LogP contribution >= 0.6 is 0 Å². The molecule has 2 aromatic rings. The van der Waals surface area contributed by atoms with E-state index in [0.29, 0.717) is 18.3 Å². The lowest BCUT2D eigenvalue weighted by molar-refractivity contribution is 0.0921. The topological polar surface area (TPSA) is 63.3 Å². The van der Waals surface area contributed by atoms with Gasteiger partial charge in [0.1, 0.15) is 0 Å². The summed E-state index contributed by atoms with van der Waals surface area (Å²) in [7, 11) is 2.10. The van der Waals surface area contributed by atoms with Crippen molar-refractivity contribution in [3.05, 3.63) is 42.1 Å². The number of hydrogen-bond donors (Lipinski definition) is 1. The van der Waals surface area contributed by atoms with Gasteiger partial charge in [-0.15, -0.1) is 0 Å². The van der Waals surface area contributed by atoms with E-state index in [4.69, 9.17) is 4.42 Å². The predicted molar refractivity (Wildman–Crippen MR) is 73.3 cm³/mol. The van der Waals surface area contributed by atoms with E-state index in [-0.39, 0.29) is 5.91 Å². The van der Waals surface area contributed by atoms with Gasteiger partial charge >= 0.3 is 0 Å². The highest BCUT2D eigenvalue weighted by molar-refractivity contribution is 5.91. The van der Waals surface area contributed by atoms with E-state index in [1.165, 1.54) is 12.0 Å². The maximum Gasteiger partial charge on any atom is 0.286 e. The quantitative estimate of drug-likeness (QED) is 0.912. The third-order valence-corrected chi connectivity index (χ3v) is 3.56. The molecule has 0 saturated heterocycles. The molecule has 20 heavy (non-hydrogen) atoms. The van der Waals surface area contributed by atoms with Crippen LogP contribution in [0.3, 0.4) is 0 Å². The Morgan fingerprint density at radius 3 is 3.25 bits per heavy atom. The molecule has 106 valence electrons. The Kier molecular flexibility index (Phi) is 3.56. The number of furan rings is 1. The Bertz CT molecular complexity index is 576. The highest BCUT2D eigenvalue weighted by atomic mass is 16.3. The molecule has 1 N–H and O–H groups in total. The first-order chi connectivity index (χ1) is 9.74. The van der Waals surface area contributed by atoms with Gasteiger partial charge in [-0.25, -0.2) is 0 Å². The van der Waals surface area contributed by atoms with Gasteiger partial charge in [-0.1, -0.05) is 0 Å². The number of rotatable bonds is 4. The van der Waals surface area contributed by atoms with E-state index in [0.717, 1.165) is 19.5 Å². The largest absolute Gasteiger partial charge is 0.459 e. The number of hydrogen-bond acceptors (Lipinski definition) is 4. The molecule has 1 aliphatic rings. The number of amides is 1. The minimum absolute atomic E-state index is 0.167. The van der Waals surface area contributed by atoms with Crippen LogP contribution < -0.4 is 5.32 Å². The van der Waals surface area contributed by atoms with Crippen molar-refractivity contribution >= 4 is 5.91 Å². The van der Waals surface area contributed by atoms with Crippen molar-refractivity contribution in [3.8, 4) is 0 Å². The summed E-state index contributed by atoms with van der Waals surface area (Å²) in [5.74, 6) is 0.186. The highest BCUT2D eigenvalue weighted by Gasteiger charge is 2.23. The third-order valence-electron chi connectivity index (χ3n) is 3.56. The molecule has 0 radical (unpaired) electrons. The maximum atomic E-state index is 11.8. The number of aromatic nitrogens is 2. The Labute approximate surface area is 117 Å². The molecule has 0 aromatic carbocycles. The lowest BCUT2D eigenvalue weighted by Crippen LogP contribution is -2.37. The molecule has 3 rings (SSSR count). The third kappa shape index (κ3) is 2.60. The molecular weight excluding hydrogens is 256 g/mol. The molecule has 0 spiro atoms. The van der Waals surface area contributed by atoms with Gasteiger partial charge in [0.05, 0.1) is 18.0 Å². The number of carbonyl (C=O) groups excluding carboxylic acids is 1. The van der Waals surface area contributed by atoms with Crippen LogP contribution in [0.25, 0.3) is 0 Å². The first-order valence-corrected chi connectivity index (χ1v) is 6.76. The summed E-state index contributed by atoms with van der Waals surface area (Å²) in [6.45, 7) is 2.48. The zero-order valence-electron chi connectivity index (χ0n) is 11.5. The second-order valence-corrected chi connectivity index (χ2v) is 5.14. The molecule has 1 atom stereocenters. The summed E-state index contributed by atoms with van der Waals surface area (Å²) in [5.41, 5.74) is 1.22. The van der Waals surface area contributed by atoms with E-state index in [1.54, 1.807) is 12.1 Å². The monoisotopic (exact) mass is 274 g/mol. The lowest BCUT2D eigenvalue weighted by atomic mass is 10.1. The summed E-state index contributed by atoms with van der Waals surface area (Å²) in [6.07, 6.45) is 4.19. The molecule has 2 aromatic heterocycles. The molecular formula is C14H18N4O2. The van der Waals surface area contributed by atoms with Gasteiger partial charge in [0.15, 0.2) is 5.76 Å². The first kappa shape index (κ1) is 12.9. The molecule has 0 aliphatic carbocycles. The maximum absolute atomic E-state index is 11.8. The van der Waals surface area contributed by atoms with Crippen molar-refractivity contribution in [3.63, 3.8) is 0 Å². The summed E-state index contributed by atoms with van der Waals surface area (Å²) in [4.78, 5) is 14.0. The van der Waals surface area contributed by atoms with Gasteiger partial charge in [-0.3, -0.25) is 14.4 Å². The van der Waals surface area contributed by atoms with E-state index in [9.17, 15) is 4.79 Å². The molecule has 1 aliphatic heterocycles. The SMILES string of the molecule is CN1Cc2ccnn2C(CCNC(=O)c2ccco2)C1. The van der Waals surface area contributed by atoms with Crippen molar-refractivity contribution in [1.29, 1.82) is 0 Å². The van der Waals surface area contributed by atoms with Crippen molar-refractivity contribution in [2.75, 3.05) is 20.1 Å². The summed E-state index contributed by atoms with van der Waals surface area (Å²) >= 11 is 0. The van der Waals surface area contributed by atoms with E-state index in [1.807, 2.05) is 12.3 Å². The van der Waals surface area contributed by atoms with Crippen LogP contribution in [0.15, 0.2) is 35.1 Å². The van der Waals surface area contributed by atoms with Gasteiger partial charge in [-0.2, -0.15) is 5.10 Å². The van der Waals surface area contributed by atoms with Gasteiger partial charge in [-0.05, 0) is 31.7 Å². The average molecular weight is 274 g/mol. The fourth-order valence-electron chi connectivity index (χ4n) is 2.63. The van der Waals surface area contributed by atoms with Crippen molar-refractivity contribution in [2.45, 2.75) is 19.0 Å². The van der Waals surface area contributed by atoms with Crippen molar-refractivity contribution < 1.29 is 9.21 Å². The molecule has 0 fully saturated rings. The van der Waals surface area contributed by atoms with Crippen LogP contribution in [-0.2, 0) is 6.54 Å². The van der Waals surface area contributed by atoms with Crippen molar-refractivity contribution in [1.82, 2.24) is 20.0 Å². The van der Waals surface area contributed by atoms with E-state index < -0.39 is 0 Å². The fourth-order valence-corrected chi connectivity index (χ4v) is 2.63. The highest BCUT2D eigenvalue weighted by Crippen LogP contribution is 2.21. The first-order valence-electron chi connectivity index (χ1n) is 6.76. The number of fused-ring (bicyclic) bond motifs is 1. The number of carbonyl (C=O) groups is 1. The van der Waals surface area contributed by atoms with Gasteiger partial charge in [0, 0.05) is 25.8 Å². The van der Waals surface area contributed by atoms with Crippen LogP contribution in [0.4, 0.5) is 0 Å². The summed E-state index contributed by atoms with van der Waals surface area (Å²) in [6, 6.07) is 5.72. The molecule has 0 saturated carbocycles. The van der Waals surface area contributed by atoms with Crippen LogP contribution in [0.1, 0.15) is 28.7 Å². The van der Waals surface area contributed by atoms with Gasteiger partial charge in [0.25, 0.3) is 5.91 Å². The molecule has 1 amide bonds. The normalized spacial score (nSPS) is 18.8. The molecule has 3 heterocycles. The average Bonchev–Trinajstić information content (AvgIpc) is 3.09. The Morgan fingerprint density at radius 1 is 1.55 bits per heavy atom. The standard InChI is InChI=1S/C14H18N4O2/c1-17-9-11(18-12(10-17)5-7-16-18)4-6-15-14(19)13-3-2-8-20-13/h2-3,5,7-8,11H,4,6,9-10H2,1H3,(H,15,19). The van der Waals surface area contributed by atoms with Crippen LogP contribution in [-0.4, -0.2) is 40.7 Å². The van der Waals surface area contributed by atoms with Crippen LogP contribution in [0.5, 0.6) is 0 Å². The summed E-state index contributed by atoms with van der Waals surface area (Å²) < 4.78 is 7.13. The minimum Gasteiger partial charge on any atom is -0.459 e. The second kappa shape index (κ2) is 5.50. The lowest BCUT2D eigenvalue weighted by Gasteiger charge is -2.31. The molecule has 0 bridgehead atoms. The van der Waals surface area contributed by atoms with Gasteiger partial charge in [0.2, 0.25) is 0 Å². The van der Waals surface area contributed by atoms with E-state index in [2.05, 4.69) is 27.0 Å². The zero-order chi connectivity index (χ0) is 13.9. The van der Waals surface area contributed by atoms with Gasteiger partial charge < -0.3 is 9.73 Å². The fraction of sp³-hybridized carbons (Fsp3) is 0.429. The second-order valence-electron chi connectivity index (χ2n) is 5.14.